The maximum Gasteiger partial charge on any atom is 0.321 e. The largest absolute Gasteiger partial charge is 0.391 e. The van der Waals surface area contributed by atoms with Crippen molar-refractivity contribution in [2.24, 2.45) is 5.16 Å². The molecule has 2 amide bonds. The molecule has 26 heavy (non-hydrogen) atoms. The Bertz CT molecular complexity index is 787. The van der Waals surface area contributed by atoms with E-state index in [4.69, 9.17) is 28.0 Å². The Morgan fingerprint density at radius 3 is 2.50 bits per heavy atom. The minimum atomic E-state index is -0.0908. The third-order valence-electron chi connectivity index (χ3n) is 4.06. The smallest absolute Gasteiger partial charge is 0.321 e. The van der Waals surface area contributed by atoms with E-state index in [2.05, 4.69) is 10.5 Å². The normalized spacial score (nSPS) is 14.1. The van der Waals surface area contributed by atoms with Crippen LogP contribution >= 0.6 is 23.2 Å². The average molecular weight is 392 g/mol. The van der Waals surface area contributed by atoms with Crippen molar-refractivity contribution in [2.75, 3.05) is 18.4 Å². The third-order valence-corrected chi connectivity index (χ3v) is 4.80. The van der Waals surface area contributed by atoms with Crippen molar-refractivity contribution >= 4 is 40.6 Å². The van der Waals surface area contributed by atoms with E-state index in [1.807, 2.05) is 36.4 Å². The minimum Gasteiger partial charge on any atom is -0.391 e. The number of piperidine rings is 1. The molecule has 0 unspecified atom stereocenters. The summed E-state index contributed by atoms with van der Waals surface area (Å²) in [6.45, 7) is 1.57. The number of anilines is 1. The fraction of sp³-hybridized carbons (Fsp3) is 0.263. The van der Waals surface area contributed by atoms with Gasteiger partial charge in [0.25, 0.3) is 0 Å². The molecule has 0 saturated carbocycles. The number of hydrogen-bond donors (Lipinski definition) is 1. The van der Waals surface area contributed by atoms with Crippen LogP contribution in [0.25, 0.3) is 0 Å². The molecule has 1 aliphatic heterocycles. The van der Waals surface area contributed by atoms with Crippen LogP contribution in [0.1, 0.15) is 18.4 Å². The Labute approximate surface area is 162 Å². The van der Waals surface area contributed by atoms with E-state index >= 15 is 0 Å². The summed E-state index contributed by atoms with van der Waals surface area (Å²) in [6.07, 6.45) is 1.40. The molecule has 1 fully saturated rings. The highest BCUT2D eigenvalue weighted by molar-refractivity contribution is 6.42. The number of para-hydroxylation sites is 1. The number of nitrogens with one attached hydrogen (secondary N) is 1. The zero-order chi connectivity index (χ0) is 18.4. The monoisotopic (exact) mass is 391 g/mol. The molecule has 1 saturated heterocycles. The maximum absolute atomic E-state index is 12.3. The predicted molar refractivity (Wildman–Crippen MR) is 105 cm³/mol. The van der Waals surface area contributed by atoms with Gasteiger partial charge in [-0.1, -0.05) is 52.6 Å². The number of rotatable bonds is 4. The number of oxime groups is 1. The molecule has 0 aromatic heterocycles. The number of benzene rings is 2. The summed E-state index contributed by atoms with van der Waals surface area (Å²) in [6, 6.07) is 14.7. The number of carbonyl (C=O) groups excluding carboxylic acids is 1. The highest BCUT2D eigenvalue weighted by atomic mass is 35.5. The molecule has 1 N–H and O–H groups in total. The SMILES string of the molecule is O=C(Nc1ccccc1)N1CCC(=NOCc2ccc(Cl)c(Cl)c2)CC1. The van der Waals surface area contributed by atoms with Crippen LogP contribution in [0.3, 0.4) is 0 Å². The number of amides is 2. The lowest BCUT2D eigenvalue weighted by Gasteiger charge is -2.27. The Morgan fingerprint density at radius 1 is 1.08 bits per heavy atom. The van der Waals surface area contributed by atoms with Gasteiger partial charge in [-0.05, 0) is 29.8 Å². The summed E-state index contributed by atoms with van der Waals surface area (Å²) in [7, 11) is 0. The van der Waals surface area contributed by atoms with Gasteiger partial charge in [0.15, 0.2) is 0 Å². The molecular weight excluding hydrogens is 373 g/mol. The van der Waals surface area contributed by atoms with Crippen molar-refractivity contribution in [3.8, 4) is 0 Å². The van der Waals surface area contributed by atoms with Crippen molar-refractivity contribution in [1.82, 2.24) is 4.90 Å². The minimum absolute atomic E-state index is 0.0908. The first kappa shape index (κ1) is 18.5. The first-order valence-corrected chi connectivity index (χ1v) is 9.10. The van der Waals surface area contributed by atoms with Gasteiger partial charge in [-0.3, -0.25) is 0 Å². The number of hydrogen-bond acceptors (Lipinski definition) is 3. The number of nitrogens with zero attached hydrogens (tertiary/aromatic N) is 2. The summed E-state index contributed by atoms with van der Waals surface area (Å²) >= 11 is 11.9. The topological polar surface area (TPSA) is 53.9 Å². The van der Waals surface area contributed by atoms with E-state index in [1.54, 1.807) is 17.0 Å². The van der Waals surface area contributed by atoms with Crippen molar-refractivity contribution in [3.05, 3.63) is 64.1 Å². The zero-order valence-corrected chi connectivity index (χ0v) is 15.6. The van der Waals surface area contributed by atoms with Crippen LogP contribution in [-0.4, -0.2) is 29.7 Å². The molecule has 0 bridgehead atoms. The van der Waals surface area contributed by atoms with E-state index in [1.165, 1.54) is 0 Å². The highest BCUT2D eigenvalue weighted by Crippen LogP contribution is 2.23. The lowest BCUT2D eigenvalue weighted by atomic mass is 10.1. The molecule has 2 aromatic carbocycles. The van der Waals surface area contributed by atoms with Gasteiger partial charge in [-0.15, -0.1) is 0 Å². The molecule has 5 nitrogen and oxygen atoms in total. The van der Waals surface area contributed by atoms with Crippen LogP contribution in [0.5, 0.6) is 0 Å². The first-order valence-electron chi connectivity index (χ1n) is 8.34. The second-order valence-electron chi connectivity index (χ2n) is 5.96. The van der Waals surface area contributed by atoms with Crippen LogP contribution in [0.15, 0.2) is 53.7 Å². The van der Waals surface area contributed by atoms with E-state index in [9.17, 15) is 4.79 Å². The number of urea groups is 1. The van der Waals surface area contributed by atoms with E-state index in [-0.39, 0.29) is 6.03 Å². The van der Waals surface area contributed by atoms with Gasteiger partial charge in [0.2, 0.25) is 0 Å². The standard InChI is InChI=1S/C19H19Cl2N3O2/c20-17-7-6-14(12-18(17)21)13-26-23-16-8-10-24(11-9-16)19(25)22-15-4-2-1-3-5-15/h1-7,12H,8-11,13H2,(H,22,25). The molecule has 0 atom stereocenters. The molecule has 0 spiro atoms. The molecule has 0 radical (unpaired) electrons. The maximum atomic E-state index is 12.3. The Balaban J connectivity index is 1.44. The Kier molecular flexibility index (Phi) is 6.36. The molecular formula is C19H19Cl2N3O2. The van der Waals surface area contributed by atoms with E-state index in [0.29, 0.717) is 42.6 Å². The van der Waals surface area contributed by atoms with Gasteiger partial charge < -0.3 is 15.1 Å². The van der Waals surface area contributed by atoms with Gasteiger partial charge in [0.05, 0.1) is 15.8 Å². The van der Waals surface area contributed by atoms with E-state index < -0.39 is 0 Å². The van der Waals surface area contributed by atoms with Gasteiger partial charge in [-0.25, -0.2) is 4.79 Å². The summed E-state index contributed by atoms with van der Waals surface area (Å²) in [5.41, 5.74) is 2.65. The van der Waals surface area contributed by atoms with Crippen molar-refractivity contribution in [2.45, 2.75) is 19.4 Å². The van der Waals surface area contributed by atoms with Crippen LogP contribution < -0.4 is 5.32 Å². The zero-order valence-electron chi connectivity index (χ0n) is 14.1. The summed E-state index contributed by atoms with van der Waals surface area (Å²) in [5.74, 6) is 0. The van der Waals surface area contributed by atoms with Crippen LogP contribution in [0.2, 0.25) is 10.0 Å². The van der Waals surface area contributed by atoms with Crippen LogP contribution in [0, 0.1) is 0 Å². The third kappa shape index (κ3) is 5.13. The predicted octanol–water partition coefficient (Wildman–Crippen LogP) is 5.19. The quantitative estimate of drug-likeness (QED) is 0.728. The number of carbonyl (C=O) groups is 1. The number of likely N-dealkylation sites (tertiary alicyclic amines) is 1. The van der Waals surface area contributed by atoms with Crippen molar-refractivity contribution in [1.29, 1.82) is 0 Å². The van der Waals surface area contributed by atoms with Gasteiger partial charge >= 0.3 is 6.03 Å². The second-order valence-corrected chi connectivity index (χ2v) is 6.78. The van der Waals surface area contributed by atoms with Gasteiger partial charge in [0.1, 0.15) is 6.61 Å². The van der Waals surface area contributed by atoms with Crippen LogP contribution in [-0.2, 0) is 11.4 Å². The summed E-state index contributed by atoms with van der Waals surface area (Å²) < 4.78 is 0. The number of halogens is 2. The van der Waals surface area contributed by atoms with Crippen LogP contribution in [0.4, 0.5) is 10.5 Å². The first-order chi connectivity index (χ1) is 12.6. The lowest BCUT2D eigenvalue weighted by Crippen LogP contribution is -2.41. The molecule has 7 heteroatoms. The molecule has 136 valence electrons. The van der Waals surface area contributed by atoms with Crippen molar-refractivity contribution < 1.29 is 9.63 Å². The second kappa shape index (κ2) is 8.92. The fourth-order valence-corrected chi connectivity index (χ4v) is 2.93. The summed E-state index contributed by atoms with van der Waals surface area (Å²) in [5, 5.41) is 8.10. The summed E-state index contributed by atoms with van der Waals surface area (Å²) in [4.78, 5) is 19.4. The van der Waals surface area contributed by atoms with E-state index in [0.717, 1.165) is 17.0 Å². The highest BCUT2D eigenvalue weighted by Gasteiger charge is 2.20. The molecule has 0 aliphatic carbocycles. The average Bonchev–Trinajstić information content (AvgIpc) is 2.66. The lowest BCUT2D eigenvalue weighted by molar-refractivity contribution is 0.127. The van der Waals surface area contributed by atoms with Crippen molar-refractivity contribution in [3.63, 3.8) is 0 Å². The van der Waals surface area contributed by atoms with Gasteiger partial charge in [0, 0.05) is 31.6 Å². The molecule has 2 aromatic rings. The molecule has 3 rings (SSSR count). The molecule has 1 aliphatic rings. The fourth-order valence-electron chi connectivity index (χ4n) is 2.61. The molecule has 1 heterocycles. The Hall–Kier alpha value is -2.24. The Morgan fingerprint density at radius 2 is 1.81 bits per heavy atom. The van der Waals surface area contributed by atoms with Gasteiger partial charge in [-0.2, -0.15) is 0 Å².